The predicted molar refractivity (Wildman–Crippen MR) is 71.8 cm³/mol. The summed E-state index contributed by atoms with van der Waals surface area (Å²) in [5.41, 5.74) is 0.952. The Bertz CT molecular complexity index is 432. The van der Waals surface area contributed by atoms with Crippen LogP contribution in [-0.2, 0) is 4.79 Å². The van der Waals surface area contributed by atoms with Crippen LogP contribution < -0.4 is 10.1 Å². The predicted octanol–water partition coefficient (Wildman–Crippen LogP) is 1.97. The molecule has 18 heavy (non-hydrogen) atoms. The van der Waals surface area contributed by atoms with Crippen molar-refractivity contribution in [3.05, 3.63) is 24.3 Å². The normalized spacial score (nSPS) is 17.7. The molecule has 4 nitrogen and oxygen atoms in total. The molecule has 0 saturated carbocycles. The van der Waals surface area contributed by atoms with E-state index in [0.29, 0.717) is 12.5 Å². The van der Waals surface area contributed by atoms with Crippen molar-refractivity contribution in [1.82, 2.24) is 4.90 Å². The number of nitrogens with zero attached hydrogens (tertiary/aromatic N) is 1. The van der Waals surface area contributed by atoms with E-state index in [9.17, 15) is 4.79 Å². The number of anilines is 1. The van der Waals surface area contributed by atoms with Crippen molar-refractivity contribution < 1.29 is 9.53 Å². The molecule has 0 saturated heterocycles. The number of amides is 1. The van der Waals surface area contributed by atoms with Gasteiger partial charge in [0.25, 0.3) is 5.91 Å². The molecular formula is C14H20N2O2. The maximum atomic E-state index is 12.2. The zero-order chi connectivity index (χ0) is 13.1. The lowest BCUT2D eigenvalue weighted by atomic mass is 10.2. The molecule has 1 heterocycles. The second-order valence-electron chi connectivity index (χ2n) is 5.10. The van der Waals surface area contributed by atoms with Crippen LogP contribution in [0.15, 0.2) is 24.3 Å². The maximum absolute atomic E-state index is 12.2. The monoisotopic (exact) mass is 248 g/mol. The van der Waals surface area contributed by atoms with Gasteiger partial charge in [0.2, 0.25) is 0 Å². The Morgan fingerprint density at radius 1 is 1.50 bits per heavy atom. The Kier molecular flexibility index (Phi) is 3.75. The van der Waals surface area contributed by atoms with Crippen molar-refractivity contribution in [2.45, 2.75) is 20.0 Å². The van der Waals surface area contributed by atoms with Gasteiger partial charge in [-0.05, 0) is 18.1 Å². The summed E-state index contributed by atoms with van der Waals surface area (Å²) in [6, 6.07) is 7.69. The third-order valence-corrected chi connectivity index (χ3v) is 2.92. The highest BCUT2D eigenvalue weighted by molar-refractivity contribution is 5.83. The van der Waals surface area contributed by atoms with E-state index in [1.54, 1.807) is 4.90 Å². The molecule has 1 aliphatic rings. The lowest BCUT2D eigenvalue weighted by molar-refractivity contribution is -0.137. The molecule has 1 amide bonds. The van der Waals surface area contributed by atoms with Gasteiger partial charge in [0.05, 0.1) is 12.2 Å². The number of hydrogen-bond donors (Lipinski definition) is 1. The minimum atomic E-state index is -0.427. The molecule has 1 aromatic carbocycles. The quantitative estimate of drug-likeness (QED) is 0.889. The molecule has 0 aliphatic carbocycles. The van der Waals surface area contributed by atoms with Crippen LogP contribution in [0.4, 0.5) is 5.69 Å². The van der Waals surface area contributed by atoms with Crippen LogP contribution in [0.1, 0.15) is 13.8 Å². The zero-order valence-corrected chi connectivity index (χ0v) is 11.1. The number of rotatable bonds is 3. The van der Waals surface area contributed by atoms with Crippen molar-refractivity contribution in [3.8, 4) is 5.75 Å². The van der Waals surface area contributed by atoms with Crippen LogP contribution in [0.2, 0.25) is 0 Å². The Hall–Kier alpha value is -1.71. The number of benzene rings is 1. The van der Waals surface area contributed by atoms with Gasteiger partial charge in [-0.2, -0.15) is 0 Å². The number of ether oxygens (including phenoxy) is 1. The summed E-state index contributed by atoms with van der Waals surface area (Å²) < 4.78 is 5.74. The molecule has 1 atom stereocenters. The Morgan fingerprint density at radius 3 is 2.94 bits per heavy atom. The molecule has 0 spiro atoms. The summed E-state index contributed by atoms with van der Waals surface area (Å²) in [5, 5.41) is 3.23. The van der Waals surface area contributed by atoms with Crippen molar-refractivity contribution in [2.24, 2.45) is 5.92 Å². The molecule has 0 fully saturated rings. The van der Waals surface area contributed by atoms with E-state index in [-0.39, 0.29) is 5.91 Å². The lowest BCUT2D eigenvalue weighted by Gasteiger charge is -2.30. The van der Waals surface area contributed by atoms with Gasteiger partial charge >= 0.3 is 0 Å². The van der Waals surface area contributed by atoms with E-state index in [2.05, 4.69) is 19.2 Å². The zero-order valence-electron chi connectivity index (χ0n) is 11.1. The van der Waals surface area contributed by atoms with Gasteiger partial charge in [0, 0.05) is 13.6 Å². The molecule has 2 rings (SSSR count). The number of para-hydroxylation sites is 2. The average Bonchev–Trinajstić information content (AvgIpc) is 2.36. The molecule has 1 aliphatic heterocycles. The van der Waals surface area contributed by atoms with Gasteiger partial charge in [-0.3, -0.25) is 4.79 Å². The van der Waals surface area contributed by atoms with Crippen molar-refractivity contribution >= 4 is 11.6 Å². The first-order chi connectivity index (χ1) is 8.58. The summed E-state index contributed by atoms with van der Waals surface area (Å²) in [4.78, 5) is 13.9. The van der Waals surface area contributed by atoms with E-state index in [1.165, 1.54) is 0 Å². The number of carbonyl (C=O) groups is 1. The summed E-state index contributed by atoms with van der Waals surface area (Å²) in [6.07, 6.45) is -0.427. The van der Waals surface area contributed by atoms with Gasteiger partial charge in [-0.25, -0.2) is 0 Å². The summed E-state index contributed by atoms with van der Waals surface area (Å²) in [5.74, 6) is 1.24. The fourth-order valence-electron chi connectivity index (χ4n) is 2.13. The SMILES string of the molecule is CC(C)CN(C)C(=O)C1CNc2ccccc2O1. The molecule has 98 valence electrons. The van der Waals surface area contributed by atoms with E-state index in [0.717, 1.165) is 18.0 Å². The van der Waals surface area contributed by atoms with Crippen molar-refractivity contribution in [3.63, 3.8) is 0 Å². The summed E-state index contributed by atoms with van der Waals surface area (Å²) in [7, 11) is 1.83. The fraction of sp³-hybridized carbons (Fsp3) is 0.500. The molecule has 0 bridgehead atoms. The van der Waals surface area contributed by atoms with Crippen molar-refractivity contribution in [2.75, 3.05) is 25.5 Å². The highest BCUT2D eigenvalue weighted by Crippen LogP contribution is 2.28. The van der Waals surface area contributed by atoms with Crippen LogP contribution in [0.25, 0.3) is 0 Å². The molecule has 4 heteroatoms. The number of fused-ring (bicyclic) bond motifs is 1. The van der Waals surface area contributed by atoms with E-state index >= 15 is 0 Å². The number of hydrogen-bond acceptors (Lipinski definition) is 3. The van der Waals surface area contributed by atoms with Gasteiger partial charge in [-0.15, -0.1) is 0 Å². The second kappa shape index (κ2) is 5.29. The molecule has 1 aromatic rings. The standard InChI is InChI=1S/C14H20N2O2/c1-10(2)9-16(3)14(17)13-8-15-11-6-4-5-7-12(11)18-13/h4-7,10,13,15H,8-9H2,1-3H3. The maximum Gasteiger partial charge on any atom is 0.265 e. The van der Waals surface area contributed by atoms with Crippen LogP contribution in [0.5, 0.6) is 5.75 Å². The Balaban J connectivity index is 2.02. The van der Waals surface area contributed by atoms with Crippen LogP contribution in [0.3, 0.4) is 0 Å². The molecular weight excluding hydrogens is 228 g/mol. The highest BCUT2D eigenvalue weighted by atomic mass is 16.5. The first-order valence-electron chi connectivity index (χ1n) is 6.32. The first kappa shape index (κ1) is 12.7. The minimum Gasteiger partial charge on any atom is -0.477 e. The molecule has 1 N–H and O–H groups in total. The Labute approximate surface area is 108 Å². The van der Waals surface area contributed by atoms with Gasteiger partial charge in [0.15, 0.2) is 6.10 Å². The number of carbonyl (C=O) groups excluding carboxylic acids is 1. The number of likely N-dealkylation sites (N-methyl/N-ethyl adjacent to an activating group) is 1. The highest BCUT2D eigenvalue weighted by Gasteiger charge is 2.28. The Morgan fingerprint density at radius 2 is 2.22 bits per heavy atom. The van der Waals surface area contributed by atoms with E-state index in [4.69, 9.17) is 4.74 Å². The first-order valence-corrected chi connectivity index (χ1v) is 6.32. The third kappa shape index (κ3) is 2.75. The van der Waals surface area contributed by atoms with Crippen LogP contribution >= 0.6 is 0 Å². The van der Waals surface area contributed by atoms with Gasteiger partial charge in [0.1, 0.15) is 5.75 Å². The summed E-state index contributed by atoms with van der Waals surface area (Å²) >= 11 is 0. The molecule has 0 aromatic heterocycles. The van der Waals surface area contributed by atoms with Crippen LogP contribution in [0, 0.1) is 5.92 Å². The van der Waals surface area contributed by atoms with Gasteiger partial charge < -0.3 is 15.0 Å². The third-order valence-electron chi connectivity index (χ3n) is 2.92. The minimum absolute atomic E-state index is 0.0331. The largest absolute Gasteiger partial charge is 0.477 e. The van der Waals surface area contributed by atoms with Gasteiger partial charge in [-0.1, -0.05) is 26.0 Å². The summed E-state index contributed by atoms with van der Waals surface area (Å²) in [6.45, 7) is 5.47. The fourth-order valence-corrected chi connectivity index (χ4v) is 2.13. The molecule has 1 unspecified atom stereocenters. The smallest absolute Gasteiger partial charge is 0.265 e. The number of nitrogens with one attached hydrogen (secondary N) is 1. The van der Waals surface area contributed by atoms with E-state index < -0.39 is 6.10 Å². The molecule has 0 radical (unpaired) electrons. The van der Waals surface area contributed by atoms with E-state index in [1.807, 2.05) is 31.3 Å². The average molecular weight is 248 g/mol. The van der Waals surface area contributed by atoms with Crippen molar-refractivity contribution in [1.29, 1.82) is 0 Å². The topological polar surface area (TPSA) is 41.6 Å². The van der Waals surface area contributed by atoms with Crippen LogP contribution in [-0.4, -0.2) is 37.0 Å². The second-order valence-corrected chi connectivity index (χ2v) is 5.10. The lowest BCUT2D eigenvalue weighted by Crippen LogP contribution is -2.46.